The summed E-state index contributed by atoms with van der Waals surface area (Å²) in [6.07, 6.45) is -2.72. The maximum Gasteiger partial charge on any atom is 0.416 e. The van der Waals surface area contributed by atoms with Gasteiger partial charge in [0.2, 0.25) is 5.95 Å². The van der Waals surface area contributed by atoms with E-state index < -0.39 is 11.7 Å². The van der Waals surface area contributed by atoms with Crippen LogP contribution in [0, 0.1) is 0 Å². The molecular weight excluding hydrogens is 369 g/mol. The fourth-order valence-electron chi connectivity index (χ4n) is 2.92. The fourth-order valence-corrected chi connectivity index (χ4v) is 2.92. The summed E-state index contributed by atoms with van der Waals surface area (Å²) in [4.78, 5) is 4.46. The number of halogens is 3. The van der Waals surface area contributed by atoms with Gasteiger partial charge in [0.25, 0.3) is 0 Å². The van der Waals surface area contributed by atoms with Gasteiger partial charge >= 0.3 is 6.18 Å². The van der Waals surface area contributed by atoms with Crippen LogP contribution in [0.3, 0.4) is 0 Å². The third kappa shape index (κ3) is 3.36. The van der Waals surface area contributed by atoms with Gasteiger partial charge in [0.1, 0.15) is 5.75 Å². The van der Waals surface area contributed by atoms with Gasteiger partial charge in [0.15, 0.2) is 5.65 Å². The van der Waals surface area contributed by atoms with Crippen molar-refractivity contribution in [2.75, 3.05) is 12.4 Å². The van der Waals surface area contributed by atoms with E-state index in [2.05, 4.69) is 15.4 Å². The first-order valence-corrected chi connectivity index (χ1v) is 8.39. The number of alkyl halides is 3. The first-order chi connectivity index (χ1) is 13.5. The normalized spacial score (nSPS) is 11.6. The number of rotatable bonds is 4. The van der Waals surface area contributed by atoms with Gasteiger partial charge in [-0.1, -0.05) is 24.3 Å². The molecule has 0 unspecified atom stereocenters. The second kappa shape index (κ2) is 6.88. The van der Waals surface area contributed by atoms with Crippen LogP contribution in [0.2, 0.25) is 0 Å². The van der Waals surface area contributed by atoms with Crippen molar-refractivity contribution in [1.82, 2.24) is 14.6 Å². The molecule has 2 heterocycles. The minimum Gasteiger partial charge on any atom is -0.495 e. The van der Waals surface area contributed by atoms with Crippen LogP contribution in [-0.4, -0.2) is 21.7 Å². The minimum absolute atomic E-state index is 0.309. The number of methoxy groups -OCH3 is 1. The van der Waals surface area contributed by atoms with Crippen LogP contribution in [0.25, 0.3) is 16.8 Å². The van der Waals surface area contributed by atoms with E-state index in [0.717, 1.165) is 12.1 Å². The number of nitrogens with zero attached hydrogens (tertiary/aromatic N) is 3. The van der Waals surface area contributed by atoms with Gasteiger partial charge in [-0.2, -0.15) is 18.2 Å². The molecule has 0 aliphatic heterocycles. The van der Waals surface area contributed by atoms with E-state index in [9.17, 15) is 13.2 Å². The Kier molecular flexibility index (Phi) is 4.38. The molecule has 0 aliphatic rings. The maximum absolute atomic E-state index is 13.1. The Morgan fingerprint density at radius 2 is 1.82 bits per heavy atom. The molecule has 0 atom stereocenters. The second-order valence-electron chi connectivity index (χ2n) is 6.03. The number of hydrogen-bond donors (Lipinski definition) is 1. The molecule has 8 heteroatoms. The van der Waals surface area contributed by atoms with Gasteiger partial charge in [-0.3, -0.25) is 0 Å². The molecule has 0 radical (unpaired) electrons. The van der Waals surface area contributed by atoms with Crippen molar-refractivity contribution in [1.29, 1.82) is 0 Å². The van der Waals surface area contributed by atoms with Crippen LogP contribution >= 0.6 is 0 Å². The number of aromatic nitrogens is 3. The average Bonchev–Trinajstić information content (AvgIpc) is 3.10. The lowest BCUT2D eigenvalue weighted by atomic mass is 10.0. The number of nitrogens with one attached hydrogen (secondary N) is 1. The number of anilines is 2. The SMILES string of the molecule is COc1ccccc1Nc1nc2c(-c3cccc(C(F)(F)F)c3)cccn2n1. The zero-order valence-corrected chi connectivity index (χ0v) is 14.7. The molecule has 0 bridgehead atoms. The molecule has 0 saturated heterocycles. The summed E-state index contributed by atoms with van der Waals surface area (Å²) in [5.74, 6) is 0.934. The lowest BCUT2D eigenvalue weighted by Crippen LogP contribution is -2.04. The van der Waals surface area contributed by atoms with Crippen molar-refractivity contribution >= 4 is 17.3 Å². The van der Waals surface area contributed by atoms with E-state index >= 15 is 0 Å². The van der Waals surface area contributed by atoms with Crippen molar-refractivity contribution in [2.45, 2.75) is 6.18 Å². The van der Waals surface area contributed by atoms with E-state index in [1.165, 1.54) is 10.6 Å². The molecule has 1 N–H and O–H groups in total. The van der Waals surface area contributed by atoms with Crippen molar-refractivity contribution in [3.63, 3.8) is 0 Å². The first kappa shape index (κ1) is 17.8. The van der Waals surface area contributed by atoms with E-state index in [0.29, 0.717) is 34.2 Å². The minimum atomic E-state index is -4.41. The molecule has 0 fully saturated rings. The van der Waals surface area contributed by atoms with Crippen LogP contribution < -0.4 is 10.1 Å². The molecule has 4 rings (SSSR count). The Morgan fingerprint density at radius 3 is 2.61 bits per heavy atom. The molecule has 0 amide bonds. The third-order valence-corrected chi connectivity index (χ3v) is 4.22. The Balaban J connectivity index is 1.76. The Labute approximate surface area is 158 Å². The van der Waals surface area contributed by atoms with Crippen LogP contribution in [0.4, 0.5) is 24.8 Å². The standard InChI is InChI=1S/C20H15F3N4O/c1-28-17-10-3-2-9-16(17)24-19-25-18-15(8-5-11-27(18)26-19)13-6-4-7-14(12-13)20(21,22)23/h2-12H,1H3,(H,24,26). The number of pyridine rings is 1. The number of ether oxygens (including phenoxy) is 1. The first-order valence-electron chi connectivity index (χ1n) is 8.39. The van der Waals surface area contributed by atoms with Crippen LogP contribution in [0.15, 0.2) is 66.9 Å². The summed E-state index contributed by atoms with van der Waals surface area (Å²) < 4.78 is 46.0. The Morgan fingerprint density at radius 1 is 1.00 bits per heavy atom. The van der Waals surface area contributed by atoms with Crippen LogP contribution in [0.5, 0.6) is 5.75 Å². The van der Waals surface area contributed by atoms with Gasteiger partial charge in [-0.05, 0) is 42.0 Å². The average molecular weight is 384 g/mol. The highest BCUT2D eigenvalue weighted by Gasteiger charge is 2.30. The van der Waals surface area contributed by atoms with E-state index in [1.54, 1.807) is 37.6 Å². The Bertz CT molecular complexity index is 1140. The molecule has 2 aromatic carbocycles. The summed E-state index contributed by atoms with van der Waals surface area (Å²) in [7, 11) is 1.56. The lowest BCUT2D eigenvalue weighted by Gasteiger charge is -2.09. The van der Waals surface area contributed by atoms with Gasteiger partial charge in [-0.25, -0.2) is 4.52 Å². The zero-order valence-electron chi connectivity index (χ0n) is 14.7. The smallest absolute Gasteiger partial charge is 0.416 e. The van der Waals surface area contributed by atoms with Gasteiger partial charge in [0.05, 0.1) is 18.4 Å². The van der Waals surface area contributed by atoms with Crippen molar-refractivity contribution < 1.29 is 17.9 Å². The van der Waals surface area contributed by atoms with E-state index in [1.807, 2.05) is 18.2 Å². The number of fused-ring (bicyclic) bond motifs is 1. The molecule has 0 saturated carbocycles. The highest BCUT2D eigenvalue weighted by molar-refractivity contribution is 5.78. The molecule has 5 nitrogen and oxygen atoms in total. The van der Waals surface area contributed by atoms with Gasteiger partial charge in [-0.15, -0.1) is 5.10 Å². The lowest BCUT2D eigenvalue weighted by molar-refractivity contribution is -0.137. The molecular formula is C20H15F3N4O. The number of para-hydroxylation sites is 2. The van der Waals surface area contributed by atoms with Crippen molar-refractivity contribution in [2.24, 2.45) is 0 Å². The highest BCUT2D eigenvalue weighted by Crippen LogP contribution is 2.33. The maximum atomic E-state index is 13.1. The number of benzene rings is 2. The monoisotopic (exact) mass is 384 g/mol. The largest absolute Gasteiger partial charge is 0.495 e. The van der Waals surface area contributed by atoms with Crippen LogP contribution in [-0.2, 0) is 6.18 Å². The van der Waals surface area contributed by atoms with Gasteiger partial charge in [0, 0.05) is 11.8 Å². The summed E-state index contributed by atoms with van der Waals surface area (Å²) in [6, 6.07) is 15.9. The van der Waals surface area contributed by atoms with Gasteiger partial charge < -0.3 is 10.1 Å². The molecule has 0 spiro atoms. The summed E-state index contributed by atoms with van der Waals surface area (Å²) in [6.45, 7) is 0. The third-order valence-electron chi connectivity index (χ3n) is 4.22. The van der Waals surface area contributed by atoms with Crippen molar-refractivity contribution in [3.05, 3.63) is 72.4 Å². The zero-order chi connectivity index (χ0) is 19.7. The molecule has 142 valence electrons. The Hall–Kier alpha value is -3.55. The molecule has 2 aromatic heterocycles. The van der Waals surface area contributed by atoms with Crippen molar-refractivity contribution in [3.8, 4) is 16.9 Å². The summed E-state index contributed by atoms with van der Waals surface area (Å²) >= 11 is 0. The topological polar surface area (TPSA) is 51.5 Å². The summed E-state index contributed by atoms with van der Waals surface area (Å²) in [5, 5.41) is 7.44. The molecule has 0 aliphatic carbocycles. The van der Waals surface area contributed by atoms with E-state index in [-0.39, 0.29) is 0 Å². The quantitative estimate of drug-likeness (QED) is 0.528. The van der Waals surface area contributed by atoms with E-state index in [4.69, 9.17) is 4.74 Å². The van der Waals surface area contributed by atoms with Crippen LogP contribution in [0.1, 0.15) is 5.56 Å². The molecule has 28 heavy (non-hydrogen) atoms. The summed E-state index contributed by atoms with van der Waals surface area (Å²) in [5.41, 5.74) is 1.38. The number of hydrogen-bond acceptors (Lipinski definition) is 4. The fraction of sp³-hybridized carbons (Fsp3) is 0.100. The highest BCUT2D eigenvalue weighted by atomic mass is 19.4. The second-order valence-corrected chi connectivity index (χ2v) is 6.03. The predicted octanol–water partition coefficient (Wildman–Crippen LogP) is 5.17. The molecule has 4 aromatic rings. The predicted molar refractivity (Wildman–Crippen MR) is 99.7 cm³/mol.